The molecule has 0 unspecified atom stereocenters. The van der Waals surface area contributed by atoms with E-state index in [9.17, 15) is 4.79 Å². The van der Waals surface area contributed by atoms with Crippen molar-refractivity contribution >= 4 is 11.6 Å². The van der Waals surface area contributed by atoms with Gasteiger partial charge in [-0.15, -0.1) is 10.2 Å². The second kappa shape index (κ2) is 7.59. The molecule has 1 amide bonds. The van der Waals surface area contributed by atoms with Crippen molar-refractivity contribution in [3.05, 3.63) is 77.9 Å². The van der Waals surface area contributed by atoms with Crippen LogP contribution >= 0.6 is 0 Å². The molecule has 7 heteroatoms. The highest BCUT2D eigenvalue weighted by Gasteiger charge is 2.27. The van der Waals surface area contributed by atoms with Crippen molar-refractivity contribution in [3.63, 3.8) is 0 Å². The van der Waals surface area contributed by atoms with Gasteiger partial charge in [0.25, 0.3) is 5.91 Å². The largest absolute Gasteiger partial charge is 0.321 e. The first-order valence-electron chi connectivity index (χ1n) is 10.2. The second-order valence-electron chi connectivity index (χ2n) is 7.35. The molecule has 0 saturated carbocycles. The van der Waals surface area contributed by atoms with Gasteiger partial charge in [0.2, 0.25) is 0 Å². The monoisotopic (exact) mass is 398 g/mol. The Bertz CT molecular complexity index is 1210. The van der Waals surface area contributed by atoms with Crippen LogP contribution in [0.5, 0.6) is 0 Å². The van der Waals surface area contributed by atoms with Gasteiger partial charge in [0, 0.05) is 29.1 Å². The van der Waals surface area contributed by atoms with E-state index < -0.39 is 0 Å². The number of amides is 1. The number of aromatic nitrogens is 5. The van der Waals surface area contributed by atoms with Crippen LogP contribution in [0.2, 0.25) is 0 Å². The van der Waals surface area contributed by atoms with Gasteiger partial charge in [-0.3, -0.25) is 4.79 Å². The lowest BCUT2D eigenvalue weighted by Crippen LogP contribution is -2.15. The Morgan fingerprint density at radius 3 is 2.80 bits per heavy atom. The summed E-state index contributed by atoms with van der Waals surface area (Å²) in [6.45, 7) is 2.82. The van der Waals surface area contributed by atoms with Crippen molar-refractivity contribution in [1.29, 1.82) is 0 Å². The number of benzene rings is 2. The summed E-state index contributed by atoms with van der Waals surface area (Å²) in [7, 11) is 0. The molecule has 0 atom stereocenters. The first-order chi connectivity index (χ1) is 14.7. The molecule has 0 saturated heterocycles. The molecule has 0 radical (unpaired) electrons. The van der Waals surface area contributed by atoms with Gasteiger partial charge in [-0.1, -0.05) is 30.3 Å². The molecule has 0 bridgehead atoms. The quantitative estimate of drug-likeness (QED) is 0.553. The van der Waals surface area contributed by atoms with Crippen LogP contribution in [0.4, 0.5) is 5.69 Å². The van der Waals surface area contributed by atoms with E-state index >= 15 is 0 Å². The van der Waals surface area contributed by atoms with Gasteiger partial charge in [-0.2, -0.15) is 5.10 Å². The van der Waals surface area contributed by atoms with Crippen molar-refractivity contribution < 1.29 is 4.79 Å². The van der Waals surface area contributed by atoms with Crippen LogP contribution in [0.3, 0.4) is 0 Å². The van der Waals surface area contributed by atoms with Crippen LogP contribution in [-0.4, -0.2) is 30.5 Å². The van der Waals surface area contributed by atoms with Crippen LogP contribution in [0, 0.1) is 0 Å². The fourth-order valence-electron chi connectivity index (χ4n) is 4.04. The van der Waals surface area contributed by atoms with E-state index in [1.165, 1.54) is 0 Å². The molecular formula is C23H22N6O. The second-order valence-corrected chi connectivity index (χ2v) is 7.35. The van der Waals surface area contributed by atoms with E-state index in [1.54, 1.807) is 6.33 Å². The summed E-state index contributed by atoms with van der Waals surface area (Å²) in [4.78, 5) is 13.1. The lowest BCUT2D eigenvalue weighted by Gasteiger charge is -2.08. The number of anilines is 1. The van der Waals surface area contributed by atoms with Crippen LogP contribution in [-0.2, 0) is 19.4 Å². The molecule has 5 rings (SSSR count). The fourth-order valence-corrected chi connectivity index (χ4v) is 4.04. The third-order valence-electron chi connectivity index (χ3n) is 5.48. The zero-order valence-corrected chi connectivity index (χ0v) is 16.7. The first-order valence-corrected chi connectivity index (χ1v) is 10.2. The summed E-state index contributed by atoms with van der Waals surface area (Å²) in [5.41, 5.74) is 5.30. The Hall–Kier alpha value is -3.74. The Balaban J connectivity index is 1.45. The zero-order valence-electron chi connectivity index (χ0n) is 16.7. The van der Waals surface area contributed by atoms with Gasteiger partial charge >= 0.3 is 0 Å². The number of aryl methyl sites for hydroxylation is 1. The molecule has 1 aliphatic rings. The van der Waals surface area contributed by atoms with E-state index in [0.717, 1.165) is 54.1 Å². The maximum atomic E-state index is 13.1. The predicted octanol–water partition coefficient (Wildman–Crippen LogP) is 3.89. The third kappa shape index (κ3) is 3.18. The lowest BCUT2D eigenvalue weighted by atomic mass is 10.1. The number of para-hydroxylation sites is 1. The molecule has 4 aromatic rings. The zero-order chi connectivity index (χ0) is 20.5. The summed E-state index contributed by atoms with van der Waals surface area (Å²) in [5, 5.41) is 15.9. The van der Waals surface area contributed by atoms with Gasteiger partial charge in [-0.05, 0) is 50.5 Å². The summed E-state index contributed by atoms with van der Waals surface area (Å²) < 4.78 is 3.88. The lowest BCUT2D eigenvalue weighted by molar-refractivity contribution is 0.102. The van der Waals surface area contributed by atoms with Crippen molar-refractivity contribution in [2.24, 2.45) is 0 Å². The molecule has 0 spiro atoms. The highest BCUT2D eigenvalue weighted by molar-refractivity contribution is 6.04. The number of hydrogen-bond acceptors (Lipinski definition) is 4. The number of carbonyl (C=O) groups is 1. The van der Waals surface area contributed by atoms with Crippen LogP contribution in [0.15, 0.2) is 60.9 Å². The highest BCUT2D eigenvalue weighted by atomic mass is 16.2. The average Bonchev–Trinajstić information content (AvgIpc) is 3.50. The van der Waals surface area contributed by atoms with Gasteiger partial charge in [-0.25, -0.2) is 4.68 Å². The molecule has 2 heterocycles. The molecule has 2 aromatic carbocycles. The molecule has 0 fully saturated rings. The molecule has 1 N–H and O–H groups in total. The minimum atomic E-state index is -0.183. The number of nitrogens with one attached hydrogen (secondary N) is 1. The molecule has 1 aliphatic carbocycles. The Labute approximate surface area is 174 Å². The summed E-state index contributed by atoms with van der Waals surface area (Å²) in [6, 6.07) is 17.6. The molecule has 30 heavy (non-hydrogen) atoms. The Morgan fingerprint density at radius 2 is 1.97 bits per heavy atom. The Morgan fingerprint density at radius 1 is 1.10 bits per heavy atom. The van der Waals surface area contributed by atoms with E-state index in [-0.39, 0.29) is 5.91 Å². The van der Waals surface area contributed by atoms with Crippen LogP contribution < -0.4 is 5.32 Å². The van der Waals surface area contributed by atoms with E-state index in [4.69, 9.17) is 0 Å². The molecule has 150 valence electrons. The van der Waals surface area contributed by atoms with E-state index in [0.29, 0.717) is 11.4 Å². The van der Waals surface area contributed by atoms with Gasteiger partial charge in [0.15, 0.2) is 11.5 Å². The van der Waals surface area contributed by atoms with Crippen LogP contribution in [0.25, 0.3) is 17.1 Å². The third-order valence-corrected chi connectivity index (χ3v) is 5.48. The summed E-state index contributed by atoms with van der Waals surface area (Å²) in [5.74, 6) is 0.597. The van der Waals surface area contributed by atoms with Crippen LogP contribution in [0.1, 0.15) is 35.1 Å². The number of nitrogens with zero attached hydrogens (tertiary/aromatic N) is 5. The standard InChI is InChI=1S/C23H22N6O/c1-2-28-15-24-26-22(28)16-8-6-9-17(14-16)25-23(30)21-19-12-7-13-20(19)29(27-21)18-10-4-3-5-11-18/h3-6,8-11,14-15H,2,7,12-13H2,1H3,(H,25,30). The fraction of sp³-hybridized carbons (Fsp3) is 0.217. The van der Waals surface area contributed by atoms with Crippen molar-refractivity contribution in [2.45, 2.75) is 32.7 Å². The van der Waals surface area contributed by atoms with Gasteiger partial charge in [0.05, 0.1) is 5.69 Å². The van der Waals surface area contributed by atoms with Crippen molar-refractivity contribution in [3.8, 4) is 17.1 Å². The predicted molar refractivity (Wildman–Crippen MR) is 115 cm³/mol. The smallest absolute Gasteiger partial charge is 0.276 e. The van der Waals surface area contributed by atoms with Gasteiger partial charge in [0.1, 0.15) is 6.33 Å². The number of carbonyl (C=O) groups excluding carboxylic acids is 1. The maximum Gasteiger partial charge on any atom is 0.276 e. The molecule has 0 aliphatic heterocycles. The topological polar surface area (TPSA) is 77.6 Å². The highest BCUT2D eigenvalue weighted by Crippen LogP contribution is 2.29. The number of rotatable bonds is 5. The van der Waals surface area contributed by atoms with E-state index in [2.05, 4.69) is 20.6 Å². The van der Waals surface area contributed by atoms with Gasteiger partial charge < -0.3 is 9.88 Å². The normalized spacial score (nSPS) is 12.7. The maximum absolute atomic E-state index is 13.1. The minimum absolute atomic E-state index is 0.183. The number of fused-ring (bicyclic) bond motifs is 1. The molecule has 2 aromatic heterocycles. The van der Waals surface area contributed by atoms with Crippen molar-refractivity contribution in [2.75, 3.05) is 5.32 Å². The first kappa shape index (κ1) is 18.3. The number of hydrogen-bond donors (Lipinski definition) is 1. The minimum Gasteiger partial charge on any atom is -0.321 e. The summed E-state index contributed by atoms with van der Waals surface area (Å²) >= 11 is 0. The Kier molecular flexibility index (Phi) is 4.63. The van der Waals surface area contributed by atoms with Crippen molar-refractivity contribution in [1.82, 2.24) is 24.5 Å². The average molecular weight is 398 g/mol. The van der Waals surface area contributed by atoms with E-state index in [1.807, 2.05) is 70.8 Å². The molecule has 7 nitrogen and oxygen atoms in total. The summed E-state index contributed by atoms with van der Waals surface area (Å²) in [6.07, 6.45) is 4.57. The SMILES string of the molecule is CCn1cnnc1-c1cccc(NC(=O)c2nn(-c3ccccc3)c3c2CCC3)c1. The molecular weight excluding hydrogens is 376 g/mol.